The molecule has 0 rings (SSSR count). The van der Waals surface area contributed by atoms with Crippen molar-refractivity contribution in [3.63, 3.8) is 0 Å². The van der Waals surface area contributed by atoms with Gasteiger partial charge in [-0.05, 0) is 12.3 Å². The molecule has 0 heterocycles. The van der Waals surface area contributed by atoms with Gasteiger partial charge in [-0.1, -0.05) is 33.6 Å². The highest BCUT2D eigenvalue weighted by Gasteiger charge is 2.07. The quantitative estimate of drug-likeness (QED) is 0.518. The van der Waals surface area contributed by atoms with Gasteiger partial charge < -0.3 is 15.5 Å². The van der Waals surface area contributed by atoms with Crippen LogP contribution < -0.4 is 10.6 Å². The Morgan fingerprint density at radius 3 is 2.26 bits per heavy atom. The highest BCUT2D eigenvalue weighted by molar-refractivity contribution is 5.84. The van der Waals surface area contributed by atoms with Crippen LogP contribution in [0.4, 0.5) is 0 Å². The lowest BCUT2D eigenvalue weighted by Crippen LogP contribution is -2.41. The summed E-state index contributed by atoms with van der Waals surface area (Å²) in [7, 11) is 3.49. The molecule has 0 unspecified atom stereocenters. The third kappa shape index (κ3) is 8.46. The van der Waals surface area contributed by atoms with Crippen molar-refractivity contribution in [1.82, 2.24) is 15.5 Å². The zero-order valence-electron chi connectivity index (χ0n) is 13.1. The third-order valence-corrected chi connectivity index (χ3v) is 3.13. The number of hydrogen-bond acceptors (Lipinski definition) is 2. The molecule has 112 valence electrons. The van der Waals surface area contributed by atoms with Crippen LogP contribution in [-0.4, -0.2) is 50.5 Å². The number of rotatable bonds is 8. The number of likely N-dealkylation sites (N-methyl/N-ethyl adjacent to an activating group) is 1. The topological polar surface area (TPSA) is 56.7 Å². The normalized spacial score (nSPS) is 11.6. The number of nitrogens with zero attached hydrogens (tertiary/aromatic N) is 2. The third-order valence-electron chi connectivity index (χ3n) is 3.13. The second-order valence-corrected chi connectivity index (χ2v) is 4.94. The lowest BCUT2D eigenvalue weighted by Gasteiger charge is -2.17. The van der Waals surface area contributed by atoms with Crippen molar-refractivity contribution in [1.29, 1.82) is 0 Å². The fraction of sp³-hybridized carbons (Fsp3) is 0.857. The summed E-state index contributed by atoms with van der Waals surface area (Å²) in [6, 6.07) is 0. The van der Waals surface area contributed by atoms with E-state index in [2.05, 4.69) is 36.4 Å². The van der Waals surface area contributed by atoms with E-state index in [0.29, 0.717) is 5.92 Å². The lowest BCUT2D eigenvalue weighted by atomic mass is 10.0. The Balaban J connectivity index is 4.35. The van der Waals surface area contributed by atoms with Crippen LogP contribution in [0.15, 0.2) is 4.99 Å². The standard InChI is InChI=1S/C14H30N4O/c1-6-9-15-14(16-10-12(7-2)8-3)17-11-13(19)18(4)5/h12H,6-11H2,1-5H3,(H2,15,16,17). The smallest absolute Gasteiger partial charge is 0.243 e. The molecule has 2 N–H and O–H groups in total. The molecule has 0 saturated heterocycles. The minimum Gasteiger partial charge on any atom is -0.356 e. The van der Waals surface area contributed by atoms with E-state index >= 15 is 0 Å². The molecule has 5 heteroatoms. The zero-order chi connectivity index (χ0) is 14.7. The number of nitrogens with one attached hydrogen (secondary N) is 2. The molecule has 0 aromatic carbocycles. The van der Waals surface area contributed by atoms with Gasteiger partial charge in [-0.2, -0.15) is 0 Å². The fourth-order valence-corrected chi connectivity index (χ4v) is 1.52. The van der Waals surface area contributed by atoms with E-state index < -0.39 is 0 Å². The first-order valence-electron chi connectivity index (χ1n) is 7.27. The molecule has 0 saturated carbocycles. The number of hydrogen-bond donors (Lipinski definition) is 2. The highest BCUT2D eigenvalue weighted by Crippen LogP contribution is 2.04. The van der Waals surface area contributed by atoms with Crippen molar-refractivity contribution in [2.75, 3.05) is 33.7 Å². The molecule has 19 heavy (non-hydrogen) atoms. The Morgan fingerprint density at radius 1 is 1.16 bits per heavy atom. The van der Waals surface area contributed by atoms with Crippen LogP contribution >= 0.6 is 0 Å². The number of carbonyl (C=O) groups excluding carboxylic acids is 1. The van der Waals surface area contributed by atoms with E-state index in [1.54, 1.807) is 19.0 Å². The summed E-state index contributed by atoms with van der Waals surface area (Å²) in [6.45, 7) is 8.46. The van der Waals surface area contributed by atoms with E-state index in [9.17, 15) is 4.79 Å². The van der Waals surface area contributed by atoms with Crippen molar-refractivity contribution < 1.29 is 4.79 Å². The minimum absolute atomic E-state index is 0.0140. The van der Waals surface area contributed by atoms with Gasteiger partial charge in [-0.3, -0.25) is 4.79 Å². The van der Waals surface area contributed by atoms with E-state index in [-0.39, 0.29) is 12.5 Å². The number of amides is 1. The molecule has 0 atom stereocenters. The van der Waals surface area contributed by atoms with Crippen LogP contribution in [-0.2, 0) is 4.79 Å². The SMILES string of the molecule is CCCNC(=NCC(=O)N(C)C)NCC(CC)CC. The molecule has 0 fully saturated rings. The summed E-state index contributed by atoms with van der Waals surface area (Å²) in [5, 5.41) is 6.55. The van der Waals surface area contributed by atoms with Crippen molar-refractivity contribution in [2.45, 2.75) is 40.0 Å². The van der Waals surface area contributed by atoms with Gasteiger partial charge >= 0.3 is 0 Å². The molecule has 0 bridgehead atoms. The molecule has 0 spiro atoms. The van der Waals surface area contributed by atoms with E-state index in [1.807, 2.05) is 0 Å². The maximum Gasteiger partial charge on any atom is 0.243 e. The van der Waals surface area contributed by atoms with Gasteiger partial charge in [-0.15, -0.1) is 0 Å². The molecule has 0 aliphatic heterocycles. The van der Waals surface area contributed by atoms with Gasteiger partial charge in [0.05, 0.1) is 0 Å². The highest BCUT2D eigenvalue weighted by atomic mass is 16.2. The Labute approximate surface area is 117 Å². The van der Waals surface area contributed by atoms with Gasteiger partial charge in [-0.25, -0.2) is 4.99 Å². The first-order chi connectivity index (χ1) is 9.04. The Hall–Kier alpha value is -1.26. The van der Waals surface area contributed by atoms with Crippen molar-refractivity contribution >= 4 is 11.9 Å². The number of guanidine groups is 1. The molecule has 1 amide bonds. The summed E-state index contributed by atoms with van der Waals surface area (Å²) in [5.74, 6) is 1.40. The average Bonchev–Trinajstić information content (AvgIpc) is 2.41. The van der Waals surface area contributed by atoms with Crippen molar-refractivity contribution in [3.05, 3.63) is 0 Å². The summed E-state index contributed by atoms with van der Waals surface area (Å²) in [4.78, 5) is 17.4. The minimum atomic E-state index is 0.0140. The van der Waals surface area contributed by atoms with Crippen LogP contribution in [0.2, 0.25) is 0 Å². The van der Waals surface area contributed by atoms with E-state index in [1.165, 1.54) is 0 Å². The lowest BCUT2D eigenvalue weighted by molar-refractivity contribution is -0.127. The van der Waals surface area contributed by atoms with E-state index in [0.717, 1.165) is 38.3 Å². The summed E-state index contributed by atoms with van der Waals surface area (Å²) < 4.78 is 0. The average molecular weight is 270 g/mol. The number of carbonyl (C=O) groups is 1. The summed E-state index contributed by atoms with van der Waals surface area (Å²) >= 11 is 0. The predicted molar refractivity (Wildman–Crippen MR) is 81.4 cm³/mol. The van der Waals surface area contributed by atoms with Crippen LogP contribution in [0.25, 0.3) is 0 Å². The number of aliphatic imine (C=N–C) groups is 1. The van der Waals surface area contributed by atoms with Crippen molar-refractivity contribution in [2.24, 2.45) is 10.9 Å². The molecular weight excluding hydrogens is 240 g/mol. The second kappa shape index (κ2) is 10.6. The molecule has 0 aliphatic carbocycles. The first kappa shape index (κ1) is 17.7. The predicted octanol–water partition coefficient (Wildman–Crippen LogP) is 1.46. The van der Waals surface area contributed by atoms with Gasteiger partial charge in [0.1, 0.15) is 6.54 Å². The van der Waals surface area contributed by atoms with Crippen LogP contribution in [0.1, 0.15) is 40.0 Å². The maximum atomic E-state index is 11.5. The Morgan fingerprint density at radius 2 is 1.79 bits per heavy atom. The van der Waals surface area contributed by atoms with Crippen LogP contribution in [0.3, 0.4) is 0 Å². The molecule has 0 aromatic rings. The maximum absolute atomic E-state index is 11.5. The second-order valence-electron chi connectivity index (χ2n) is 4.94. The fourth-order valence-electron chi connectivity index (χ4n) is 1.52. The van der Waals surface area contributed by atoms with Gasteiger partial charge in [0.15, 0.2) is 5.96 Å². The Bertz CT molecular complexity index is 273. The molecule has 5 nitrogen and oxygen atoms in total. The van der Waals surface area contributed by atoms with Gasteiger partial charge in [0.2, 0.25) is 5.91 Å². The van der Waals surface area contributed by atoms with E-state index in [4.69, 9.17) is 0 Å². The first-order valence-corrected chi connectivity index (χ1v) is 7.27. The summed E-state index contributed by atoms with van der Waals surface area (Å²) in [5.41, 5.74) is 0. The van der Waals surface area contributed by atoms with Gasteiger partial charge in [0, 0.05) is 27.2 Å². The van der Waals surface area contributed by atoms with Gasteiger partial charge in [0.25, 0.3) is 0 Å². The largest absolute Gasteiger partial charge is 0.356 e. The van der Waals surface area contributed by atoms with Crippen LogP contribution in [0, 0.1) is 5.92 Å². The van der Waals surface area contributed by atoms with Crippen LogP contribution in [0.5, 0.6) is 0 Å². The Kier molecular flexibility index (Phi) is 9.94. The molecule has 0 aromatic heterocycles. The monoisotopic (exact) mass is 270 g/mol. The molecular formula is C14H30N4O. The zero-order valence-corrected chi connectivity index (χ0v) is 13.1. The summed E-state index contributed by atoms with van der Waals surface area (Å²) in [6.07, 6.45) is 3.34. The molecule has 0 aliphatic rings. The molecule has 0 radical (unpaired) electrons. The van der Waals surface area contributed by atoms with Crippen molar-refractivity contribution in [3.8, 4) is 0 Å².